The summed E-state index contributed by atoms with van der Waals surface area (Å²) < 4.78 is 27.4. The van der Waals surface area contributed by atoms with Crippen LogP contribution in [0.4, 0.5) is 13.6 Å². The van der Waals surface area contributed by atoms with E-state index >= 15 is 0 Å². The topological polar surface area (TPSA) is 120 Å². The number of nitrogens with two attached hydrogens (primary N) is 1. The Labute approximate surface area is 220 Å². The van der Waals surface area contributed by atoms with Gasteiger partial charge < -0.3 is 26.3 Å². The highest BCUT2D eigenvalue weighted by molar-refractivity contribution is 9.10. The molecular formula is C26H26BrF2N5O3. The summed E-state index contributed by atoms with van der Waals surface area (Å²) in [5.74, 6) is -1.65. The van der Waals surface area contributed by atoms with Crippen LogP contribution in [-0.2, 0) is 16.0 Å². The van der Waals surface area contributed by atoms with Crippen molar-refractivity contribution < 1.29 is 23.2 Å². The number of urea groups is 1. The lowest BCUT2D eigenvalue weighted by Gasteiger charge is -2.40. The molecule has 4 rings (SSSR count). The fraction of sp³-hybridized carbons (Fsp3) is 0.269. The first kappa shape index (κ1) is 26.3. The van der Waals surface area contributed by atoms with Crippen LogP contribution in [0.3, 0.4) is 0 Å². The molecule has 5 N–H and O–H groups in total. The number of hydrogen-bond acceptors (Lipinski definition) is 3. The lowest BCUT2D eigenvalue weighted by atomic mass is 9.86. The molecule has 0 radical (unpaired) electrons. The van der Waals surface area contributed by atoms with E-state index in [1.54, 1.807) is 12.3 Å². The van der Waals surface area contributed by atoms with Crippen LogP contribution in [0.25, 0.3) is 17.0 Å². The molecule has 4 amide bonds. The molecular weight excluding hydrogens is 548 g/mol. The fourth-order valence-electron chi connectivity index (χ4n) is 4.42. The average molecular weight is 574 g/mol. The van der Waals surface area contributed by atoms with E-state index in [-0.39, 0.29) is 48.7 Å². The van der Waals surface area contributed by atoms with Crippen LogP contribution in [0.2, 0.25) is 0 Å². The number of primary amides is 1. The highest BCUT2D eigenvalue weighted by Gasteiger charge is 2.42. The van der Waals surface area contributed by atoms with Crippen LogP contribution in [0, 0.1) is 11.6 Å². The summed E-state index contributed by atoms with van der Waals surface area (Å²) in [5, 5.41) is 6.43. The van der Waals surface area contributed by atoms with Gasteiger partial charge in [-0.05, 0) is 82.7 Å². The van der Waals surface area contributed by atoms with Gasteiger partial charge in [-0.3, -0.25) is 9.59 Å². The van der Waals surface area contributed by atoms with Crippen molar-refractivity contribution in [3.8, 4) is 0 Å². The molecule has 8 nitrogen and oxygen atoms in total. The standard InChI is InChI=1S/C26H26BrF2N5O3/c27-20-13-16(1-4-21(20)29)2-6-23(35)33-26(8-11-34(12-9-26)25(30)37)24(36)31-10-7-17-15-32-22-5-3-18(28)14-19(17)22/h1-6,13-15,32H,7-12H2,(H2,30,37)(H,31,36)(H,33,35)/b6-2+. The maximum atomic E-state index is 13.7. The van der Waals surface area contributed by atoms with E-state index in [1.807, 2.05) is 0 Å². The first-order valence-corrected chi connectivity index (χ1v) is 12.5. The van der Waals surface area contributed by atoms with Gasteiger partial charge in [-0.25, -0.2) is 13.6 Å². The number of rotatable bonds is 7. The Kier molecular flexibility index (Phi) is 7.91. The third kappa shape index (κ3) is 6.16. The minimum absolute atomic E-state index is 0.182. The predicted octanol–water partition coefficient (Wildman–Crippen LogP) is 3.61. The van der Waals surface area contributed by atoms with E-state index in [0.29, 0.717) is 12.0 Å². The maximum absolute atomic E-state index is 13.7. The monoisotopic (exact) mass is 573 g/mol. The van der Waals surface area contributed by atoms with E-state index in [4.69, 9.17) is 5.73 Å². The highest BCUT2D eigenvalue weighted by atomic mass is 79.9. The zero-order valence-corrected chi connectivity index (χ0v) is 21.4. The van der Waals surface area contributed by atoms with E-state index in [2.05, 4.69) is 31.5 Å². The molecule has 1 saturated heterocycles. The molecule has 0 unspecified atom stereocenters. The zero-order valence-electron chi connectivity index (χ0n) is 19.8. The minimum Gasteiger partial charge on any atom is -0.361 e. The number of fused-ring (bicyclic) bond motifs is 1. The van der Waals surface area contributed by atoms with Gasteiger partial charge in [0, 0.05) is 42.8 Å². The maximum Gasteiger partial charge on any atom is 0.314 e. The lowest BCUT2D eigenvalue weighted by molar-refractivity contribution is -0.133. The number of amides is 4. The number of hydrogen-bond donors (Lipinski definition) is 4. The van der Waals surface area contributed by atoms with Crippen LogP contribution in [0.1, 0.15) is 24.0 Å². The number of carbonyl (C=O) groups is 3. The molecule has 2 heterocycles. The van der Waals surface area contributed by atoms with Crippen molar-refractivity contribution in [2.45, 2.75) is 24.8 Å². The Morgan fingerprint density at radius 2 is 1.89 bits per heavy atom. The van der Waals surface area contributed by atoms with Gasteiger partial charge in [-0.1, -0.05) is 6.07 Å². The molecule has 2 aromatic carbocycles. The normalized spacial score (nSPS) is 15.2. The van der Waals surface area contributed by atoms with Gasteiger partial charge in [0.15, 0.2) is 0 Å². The van der Waals surface area contributed by atoms with Crippen molar-refractivity contribution >= 4 is 50.8 Å². The number of piperidine rings is 1. The minimum atomic E-state index is -1.25. The first-order chi connectivity index (χ1) is 17.7. The molecule has 37 heavy (non-hydrogen) atoms. The van der Waals surface area contributed by atoms with Crippen molar-refractivity contribution in [2.75, 3.05) is 19.6 Å². The number of nitrogens with zero attached hydrogens (tertiary/aromatic N) is 1. The van der Waals surface area contributed by atoms with Gasteiger partial charge in [0.2, 0.25) is 11.8 Å². The van der Waals surface area contributed by atoms with Crippen molar-refractivity contribution in [2.24, 2.45) is 5.73 Å². The Bertz CT molecular complexity index is 1370. The molecule has 0 aliphatic carbocycles. The Morgan fingerprint density at radius 3 is 2.59 bits per heavy atom. The van der Waals surface area contributed by atoms with Crippen molar-refractivity contribution in [1.82, 2.24) is 20.5 Å². The number of aromatic amines is 1. The van der Waals surface area contributed by atoms with Gasteiger partial charge in [0.1, 0.15) is 17.2 Å². The third-order valence-corrected chi connectivity index (χ3v) is 7.11. The lowest BCUT2D eigenvalue weighted by Crippen LogP contribution is -2.64. The third-order valence-electron chi connectivity index (χ3n) is 6.51. The molecule has 0 spiro atoms. The number of benzene rings is 2. The van der Waals surface area contributed by atoms with Gasteiger partial charge in [-0.15, -0.1) is 0 Å². The highest BCUT2D eigenvalue weighted by Crippen LogP contribution is 2.24. The smallest absolute Gasteiger partial charge is 0.314 e. The van der Waals surface area contributed by atoms with Crippen LogP contribution >= 0.6 is 15.9 Å². The van der Waals surface area contributed by atoms with Crippen molar-refractivity contribution in [3.63, 3.8) is 0 Å². The Hall–Kier alpha value is -3.73. The second kappa shape index (κ2) is 11.1. The second-order valence-corrected chi connectivity index (χ2v) is 9.77. The largest absolute Gasteiger partial charge is 0.361 e. The number of likely N-dealkylation sites (tertiary alicyclic amines) is 1. The predicted molar refractivity (Wildman–Crippen MR) is 139 cm³/mol. The first-order valence-electron chi connectivity index (χ1n) is 11.7. The van der Waals surface area contributed by atoms with Crippen LogP contribution < -0.4 is 16.4 Å². The SMILES string of the molecule is NC(=O)N1CCC(NC(=O)/C=C/c2ccc(F)c(Br)c2)(C(=O)NCCc2c[nH]c3ccc(F)cc23)CC1. The van der Waals surface area contributed by atoms with Gasteiger partial charge in [-0.2, -0.15) is 0 Å². The van der Waals surface area contributed by atoms with Gasteiger partial charge in [0.05, 0.1) is 4.47 Å². The quantitative estimate of drug-likeness (QED) is 0.323. The zero-order chi connectivity index (χ0) is 26.6. The van der Waals surface area contributed by atoms with E-state index in [9.17, 15) is 23.2 Å². The van der Waals surface area contributed by atoms with E-state index in [1.165, 1.54) is 47.4 Å². The van der Waals surface area contributed by atoms with Gasteiger partial charge >= 0.3 is 6.03 Å². The molecule has 0 bridgehead atoms. The summed E-state index contributed by atoms with van der Waals surface area (Å²) in [6.45, 7) is 0.678. The van der Waals surface area contributed by atoms with Crippen LogP contribution in [0.5, 0.6) is 0 Å². The molecule has 1 aliphatic heterocycles. The second-order valence-electron chi connectivity index (χ2n) is 8.91. The summed E-state index contributed by atoms with van der Waals surface area (Å²) in [6.07, 6.45) is 5.38. The fourth-order valence-corrected chi connectivity index (χ4v) is 4.82. The molecule has 0 atom stereocenters. The molecule has 1 aliphatic rings. The number of nitrogens with one attached hydrogen (secondary N) is 3. The molecule has 1 fully saturated rings. The molecule has 0 saturated carbocycles. The summed E-state index contributed by atoms with van der Waals surface area (Å²) in [5.41, 5.74) is 6.39. The number of H-pyrrole nitrogens is 1. The number of carbonyl (C=O) groups excluding carboxylic acids is 3. The van der Waals surface area contributed by atoms with E-state index < -0.39 is 23.3 Å². The Balaban J connectivity index is 1.44. The number of halogens is 3. The molecule has 1 aromatic heterocycles. The molecule has 3 aromatic rings. The average Bonchev–Trinajstić information content (AvgIpc) is 3.27. The summed E-state index contributed by atoms with van der Waals surface area (Å²) in [4.78, 5) is 42.2. The summed E-state index contributed by atoms with van der Waals surface area (Å²) >= 11 is 3.11. The number of aromatic nitrogens is 1. The molecule has 194 valence electrons. The molecule has 11 heteroatoms. The Morgan fingerprint density at radius 1 is 1.14 bits per heavy atom. The van der Waals surface area contributed by atoms with Crippen LogP contribution in [0.15, 0.2) is 53.1 Å². The van der Waals surface area contributed by atoms with Gasteiger partial charge in [0.25, 0.3) is 0 Å². The van der Waals surface area contributed by atoms with Crippen molar-refractivity contribution in [3.05, 3.63) is 75.9 Å². The summed E-state index contributed by atoms with van der Waals surface area (Å²) in [6, 6.07) is 8.21. The van der Waals surface area contributed by atoms with E-state index in [0.717, 1.165) is 16.5 Å². The van der Waals surface area contributed by atoms with Crippen molar-refractivity contribution in [1.29, 1.82) is 0 Å². The van der Waals surface area contributed by atoms with Crippen LogP contribution in [-0.4, -0.2) is 52.9 Å². The summed E-state index contributed by atoms with van der Waals surface area (Å²) in [7, 11) is 0.